The summed E-state index contributed by atoms with van der Waals surface area (Å²) in [5, 5.41) is 14.5. The second kappa shape index (κ2) is 8.18. The highest BCUT2D eigenvalue weighted by Gasteiger charge is 2.38. The summed E-state index contributed by atoms with van der Waals surface area (Å²) in [5.41, 5.74) is 2.20. The number of carbonyl (C=O) groups is 1. The van der Waals surface area contributed by atoms with Gasteiger partial charge in [-0.3, -0.25) is 9.59 Å². The van der Waals surface area contributed by atoms with E-state index in [9.17, 15) is 14.7 Å². The summed E-state index contributed by atoms with van der Waals surface area (Å²) in [6, 6.07) is 4.99. The van der Waals surface area contributed by atoms with Gasteiger partial charge in [-0.1, -0.05) is 31.7 Å². The Labute approximate surface area is 179 Å². The predicted octanol–water partition coefficient (Wildman–Crippen LogP) is 3.94. The van der Waals surface area contributed by atoms with E-state index in [0.29, 0.717) is 45.1 Å². The molecular formula is C22H25N3O4S. The van der Waals surface area contributed by atoms with Gasteiger partial charge in [0.1, 0.15) is 5.82 Å². The number of Topliss-reactive ketones (excluding diaryl/α,β-unsaturated/α-hetero) is 1. The van der Waals surface area contributed by atoms with E-state index < -0.39 is 5.92 Å². The highest BCUT2D eigenvalue weighted by Crippen LogP contribution is 2.45. The summed E-state index contributed by atoms with van der Waals surface area (Å²) >= 11 is 1.52. The van der Waals surface area contributed by atoms with E-state index in [1.54, 1.807) is 18.2 Å². The zero-order valence-electron chi connectivity index (χ0n) is 17.2. The number of benzene rings is 1. The first-order valence-corrected chi connectivity index (χ1v) is 11.0. The number of phenols is 1. The number of ether oxygens (including phenoxy) is 1. The van der Waals surface area contributed by atoms with E-state index in [0.717, 1.165) is 25.0 Å². The first-order chi connectivity index (χ1) is 14.4. The Balaban J connectivity index is 1.89. The largest absolute Gasteiger partial charge is 0.504 e. The predicted molar refractivity (Wildman–Crippen MR) is 116 cm³/mol. The van der Waals surface area contributed by atoms with Gasteiger partial charge in [0.2, 0.25) is 0 Å². The molecule has 0 saturated heterocycles. The Bertz CT molecular complexity index is 1090. The molecule has 7 nitrogen and oxygen atoms in total. The van der Waals surface area contributed by atoms with Crippen molar-refractivity contribution < 1.29 is 14.6 Å². The van der Waals surface area contributed by atoms with Crippen LogP contribution in [0.2, 0.25) is 0 Å². The highest BCUT2D eigenvalue weighted by molar-refractivity contribution is 7.99. The molecule has 0 saturated carbocycles. The number of aromatic nitrogens is 2. The number of anilines is 1. The second-order valence-electron chi connectivity index (χ2n) is 7.63. The molecule has 2 unspecified atom stereocenters. The highest BCUT2D eigenvalue weighted by atomic mass is 32.2. The molecule has 158 valence electrons. The molecule has 1 aliphatic heterocycles. The zero-order valence-corrected chi connectivity index (χ0v) is 18.1. The summed E-state index contributed by atoms with van der Waals surface area (Å²) in [6.45, 7) is 4.17. The number of carbonyl (C=O) groups excluding carboxylic acids is 1. The van der Waals surface area contributed by atoms with Gasteiger partial charge < -0.3 is 20.1 Å². The van der Waals surface area contributed by atoms with Gasteiger partial charge in [-0.2, -0.15) is 0 Å². The molecular weight excluding hydrogens is 402 g/mol. The third-order valence-electron chi connectivity index (χ3n) is 5.66. The summed E-state index contributed by atoms with van der Waals surface area (Å²) in [4.78, 5) is 33.6. The number of H-pyrrole nitrogens is 1. The fraction of sp³-hybridized carbons (Fsp3) is 0.409. The molecule has 0 radical (unpaired) electrons. The van der Waals surface area contributed by atoms with Crippen LogP contribution in [-0.4, -0.2) is 33.2 Å². The van der Waals surface area contributed by atoms with Gasteiger partial charge in [0.25, 0.3) is 5.56 Å². The Kier molecular flexibility index (Phi) is 5.60. The van der Waals surface area contributed by atoms with Crippen molar-refractivity contribution in [1.82, 2.24) is 9.97 Å². The number of aromatic amines is 1. The van der Waals surface area contributed by atoms with Gasteiger partial charge in [-0.25, -0.2) is 4.98 Å². The molecule has 2 aliphatic rings. The number of phenolic OH excluding ortho intramolecular Hbond substituents is 1. The zero-order chi connectivity index (χ0) is 21.4. The summed E-state index contributed by atoms with van der Waals surface area (Å²) in [5.74, 6) is 0.225. The molecule has 0 fully saturated rings. The lowest BCUT2D eigenvalue weighted by molar-refractivity contribution is -0.116. The minimum atomic E-state index is -0.584. The van der Waals surface area contributed by atoms with Crippen molar-refractivity contribution in [2.75, 3.05) is 12.4 Å². The third kappa shape index (κ3) is 3.60. The Morgan fingerprint density at radius 3 is 2.83 bits per heavy atom. The smallest absolute Gasteiger partial charge is 0.257 e. The maximum absolute atomic E-state index is 13.2. The summed E-state index contributed by atoms with van der Waals surface area (Å²) in [6.07, 6.45) is 2.89. The lowest BCUT2D eigenvalue weighted by Gasteiger charge is -2.33. The first-order valence-electron chi connectivity index (χ1n) is 10.1. The SMILES string of the molecule is CCC(C)Sc1nc2c(c(=O)[nH]1)C(c1ccc(OC)c(O)c1)C1=C(CCCC1=O)N2. The maximum atomic E-state index is 13.2. The van der Waals surface area contributed by atoms with Crippen LogP contribution in [0.25, 0.3) is 0 Å². The van der Waals surface area contributed by atoms with Gasteiger partial charge in [0.05, 0.1) is 12.7 Å². The minimum absolute atomic E-state index is 0.0205. The fourth-order valence-electron chi connectivity index (χ4n) is 3.99. The van der Waals surface area contributed by atoms with E-state index in [2.05, 4.69) is 29.1 Å². The van der Waals surface area contributed by atoms with E-state index in [1.807, 2.05) is 0 Å². The Morgan fingerprint density at radius 2 is 2.13 bits per heavy atom. The number of nitrogens with one attached hydrogen (secondary N) is 2. The second-order valence-corrected chi connectivity index (χ2v) is 9.06. The maximum Gasteiger partial charge on any atom is 0.257 e. The molecule has 2 atom stereocenters. The average molecular weight is 428 g/mol. The standard InChI is InChI=1S/C22H25N3O4S/c1-4-11(2)30-22-24-20-19(21(28)25-22)17(12-8-9-16(29-3)15(27)10-12)18-13(23-20)6-5-7-14(18)26/h8-11,17,27H,4-7H2,1-3H3,(H2,23,24,25,28). The molecule has 4 rings (SSSR count). The molecule has 2 heterocycles. The van der Waals surface area contributed by atoms with Crippen molar-refractivity contribution in [1.29, 1.82) is 0 Å². The number of aromatic hydroxyl groups is 1. The van der Waals surface area contributed by atoms with E-state index in [4.69, 9.17) is 4.74 Å². The van der Waals surface area contributed by atoms with Crippen molar-refractivity contribution in [2.45, 2.75) is 55.9 Å². The molecule has 1 aromatic heterocycles. The van der Waals surface area contributed by atoms with Crippen LogP contribution < -0.4 is 15.6 Å². The van der Waals surface area contributed by atoms with Crippen molar-refractivity contribution in [3.05, 3.63) is 50.9 Å². The molecule has 1 aromatic carbocycles. The van der Waals surface area contributed by atoms with Crippen LogP contribution in [0, 0.1) is 0 Å². The number of ketones is 1. The van der Waals surface area contributed by atoms with Crippen molar-refractivity contribution in [3.8, 4) is 11.5 Å². The van der Waals surface area contributed by atoms with Gasteiger partial charge in [-0.05, 0) is 37.0 Å². The monoisotopic (exact) mass is 427 g/mol. The number of methoxy groups -OCH3 is 1. The molecule has 0 spiro atoms. The third-order valence-corrected chi connectivity index (χ3v) is 6.81. The van der Waals surface area contributed by atoms with E-state index in [1.165, 1.54) is 18.9 Å². The minimum Gasteiger partial charge on any atom is -0.504 e. The molecule has 1 aliphatic carbocycles. The molecule has 2 aromatic rings. The van der Waals surface area contributed by atoms with Crippen LogP contribution in [0.4, 0.5) is 5.82 Å². The lowest BCUT2D eigenvalue weighted by atomic mass is 9.76. The van der Waals surface area contributed by atoms with Gasteiger partial charge in [0.15, 0.2) is 22.4 Å². The Hall–Kier alpha value is -2.74. The Morgan fingerprint density at radius 1 is 1.33 bits per heavy atom. The molecule has 8 heteroatoms. The first kappa shape index (κ1) is 20.5. The number of rotatable bonds is 5. The summed E-state index contributed by atoms with van der Waals surface area (Å²) < 4.78 is 5.15. The molecule has 30 heavy (non-hydrogen) atoms. The fourth-order valence-corrected chi connectivity index (χ4v) is 4.83. The van der Waals surface area contributed by atoms with Crippen LogP contribution in [0.5, 0.6) is 11.5 Å². The topological polar surface area (TPSA) is 104 Å². The van der Waals surface area contributed by atoms with E-state index >= 15 is 0 Å². The molecule has 3 N–H and O–H groups in total. The van der Waals surface area contributed by atoms with Crippen LogP contribution in [-0.2, 0) is 4.79 Å². The van der Waals surface area contributed by atoms with Gasteiger partial charge >= 0.3 is 0 Å². The van der Waals surface area contributed by atoms with Crippen LogP contribution in [0.1, 0.15) is 56.6 Å². The van der Waals surface area contributed by atoms with Crippen LogP contribution in [0.15, 0.2) is 39.4 Å². The normalized spacial score (nSPS) is 19.0. The number of allylic oxidation sites excluding steroid dienone is 2. The van der Waals surface area contributed by atoms with Gasteiger partial charge in [0, 0.05) is 28.9 Å². The number of hydrogen-bond acceptors (Lipinski definition) is 7. The summed E-state index contributed by atoms with van der Waals surface area (Å²) in [7, 11) is 1.48. The molecule has 0 bridgehead atoms. The lowest BCUT2D eigenvalue weighted by Crippen LogP contribution is -2.32. The van der Waals surface area contributed by atoms with E-state index in [-0.39, 0.29) is 17.1 Å². The van der Waals surface area contributed by atoms with Crippen LogP contribution in [0.3, 0.4) is 0 Å². The number of fused-ring (bicyclic) bond motifs is 1. The van der Waals surface area contributed by atoms with Crippen molar-refractivity contribution in [2.24, 2.45) is 0 Å². The number of hydrogen-bond donors (Lipinski definition) is 3. The van der Waals surface area contributed by atoms with Gasteiger partial charge in [-0.15, -0.1) is 0 Å². The van der Waals surface area contributed by atoms with Crippen molar-refractivity contribution >= 4 is 23.4 Å². The van der Waals surface area contributed by atoms with Crippen molar-refractivity contribution in [3.63, 3.8) is 0 Å². The average Bonchev–Trinajstić information content (AvgIpc) is 2.72. The molecule has 0 amide bonds. The number of thioether (sulfide) groups is 1. The number of nitrogens with zero attached hydrogens (tertiary/aromatic N) is 1. The van der Waals surface area contributed by atoms with Crippen LogP contribution >= 0.6 is 11.8 Å². The quantitative estimate of drug-likeness (QED) is 0.490.